The topological polar surface area (TPSA) is 110 Å². The summed E-state index contributed by atoms with van der Waals surface area (Å²) in [5, 5.41) is 22.4. The third-order valence-electron chi connectivity index (χ3n) is 2.66. The van der Waals surface area contributed by atoms with Gasteiger partial charge in [0.05, 0.1) is 0 Å². The highest BCUT2D eigenvalue weighted by atomic mass is 16.7. The minimum absolute atomic E-state index is 0.295. The van der Waals surface area contributed by atoms with Crippen LogP contribution in [0, 0.1) is 0 Å². The standard InChI is InChI=1S/C13H15N3O4/c14-13(19)20-16-11(17)6-10(12(16)18)8-15-7-9-4-2-1-3-5-9/h1-6,15,17-18H,7-8H2,(H2,14,19). The summed E-state index contributed by atoms with van der Waals surface area (Å²) in [4.78, 5) is 15.1. The van der Waals surface area contributed by atoms with E-state index in [9.17, 15) is 15.0 Å². The molecule has 0 saturated carbocycles. The van der Waals surface area contributed by atoms with E-state index < -0.39 is 12.0 Å². The second kappa shape index (κ2) is 5.98. The number of rotatable bonds is 5. The van der Waals surface area contributed by atoms with E-state index in [4.69, 9.17) is 5.73 Å². The summed E-state index contributed by atoms with van der Waals surface area (Å²) in [7, 11) is 0. The third-order valence-corrected chi connectivity index (χ3v) is 2.66. The van der Waals surface area contributed by atoms with Crippen LogP contribution in [0.3, 0.4) is 0 Å². The molecule has 2 aromatic rings. The summed E-state index contributed by atoms with van der Waals surface area (Å²) < 4.78 is 0.571. The van der Waals surface area contributed by atoms with Gasteiger partial charge in [-0.3, -0.25) is 0 Å². The zero-order chi connectivity index (χ0) is 14.5. The predicted molar refractivity (Wildman–Crippen MR) is 70.9 cm³/mol. The van der Waals surface area contributed by atoms with Gasteiger partial charge >= 0.3 is 6.09 Å². The van der Waals surface area contributed by atoms with Gasteiger partial charge < -0.3 is 26.1 Å². The summed E-state index contributed by atoms with van der Waals surface area (Å²) in [6.45, 7) is 0.895. The van der Waals surface area contributed by atoms with E-state index in [0.717, 1.165) is 5.56 Å². The molecule has 0 fully saturated rings. The van der Waals surface area contributed by atoms with Crippen LogP contribution in [0.4, 0.5) is 4.79 Å². The number of aromatic nitrogens is 1. The second-order valence-corrected chi connectivity index (χ2v) is 4.15. The van der Waals surface area contributed by atoms with Gasteiger partial charge in [-0.2, -0.15) is 0 Å². The first-order chi connectivity index (χ1) is 9.58. The Morgan fingerprint density at radius 3 is 2.60 bits per heavy atom. The predicted octanol–water partition coefficient (Wildman–Crippen LogP) is 0.696. The van der Waals surface area contributed by atoms with Crippen LogP contribution in [0.15, 0.2) is 36.4 Å². The zero-order valence-electron chi connectivity index (χ0n) is 10.6. The fraction of sp³-hybridized carbons (Fsp3) is 0.154. The molecule has 1 heterocycles. The molecule has 1 aromatic heterocycles. The highest BCUT2D eigenvalue weighted by Crippen LogP contribution is 2.25. The summed E-state index contributed by atoms with van der Waals surface area (Å²) in [6, 6.07) is 11.0. The molecule has 0 saturated heterocycles. The minimum Gasteiger partial charge on any atom is -0.492 e. The molecule has 1 amide bonds. The highest BCUT2D eigenvalue weighted by molar-refractivity contribution is 5.65. The zero-order valence-corrected chi connectivity index (χ0v) is 10.6. The number of hydrogen-bond donors (Lipinski definition) is 4. The Kier molecular flexibility index (Phi) is 4.11. The summed E-state index contributed by atoms with van der Waals surface area (Å²) in [5.41, 5.74) is 6.30. The molecule has 0 aliphatic carbocycles. The molecular formula is C13H15N3O4. The van der Waals surface area contributed by atoms with Crippen LogP contribution in [0.2, 0.25) is 0 Å². The first-order valence-corrected chi connectivity index (χ1v) is 5.93. The van der Waals surface area contributed by atoms with E-state index in [2.05, 4.69) is 10.2 Å². The van der Waals surface area contributed by atoms with Crippen LogP contribution in [-0.2, 0) is 13.1 Å². The number of nitrogens with one attached hydrogen (secondary N) is 1. The van der Waals surface area contributed by atoms with Crippen molar-refractivity contribution in [3.05, 3.63) is 47.5 Å². The Bertz CT molecular complexity index is 595. The maximum absolute atomic E-state index is 10.6. The molecule has 0 unspecified atom stereocenters. The molecular weight excluding hydrogens is 262 g/mol. The molecule has 2 rings (SSSR count). The molecule has 1 aromatic carbocycles. The normalized spacial score (nSPS) is 10.4. The minimum atomic E-state index is -1.13. The quantitative estimate of drug-likeness (QED) is 0.643. The van der Waals surface area contributed by atoms with Crippen molar-refractivity contribution in [2.24, 2.45) is 5.73 Å². The Labute approximate surface area is 115 Å². The lowest BCUT2D eigenvalue weighted by molar-refractivity contribution is 0.116. The fourth-order valence-corrected chi connectivity index (χ4v) is 1.77. The van der Waals surface area contributed by atoms with Gasteiger partial charge in [-0.25, -0.2) is 4.79 Å². The molecule has 7 nitrogen and oxygen atoms in total. The van der Waals surface area contributed by atoms with Crippen molar-refractivity contribution in [2.75, 3.05) is 0 Å². The van der Waals surface area contributed by atoms with Crippen LogP contribution in [0.5, 0.6) is 11.8 Å². The maximum Gasteiger partial charge on any atom is 0.429 e. The van der Waals surface area contributed by atoms with E-state index in [1.807, 2.05) is 30.3 Å². The first-order valence-electron chi connectivity index (χ1n) is 5.93. The van der Waals surface area contributed by atoms with Crippen molar-refractivity contribution in [3.8, 4) is 11.8 Å². The van der Waals surface area contributed by atoms with Crippen molar-refractivity contribution in [3.63, 3.8) is 0 Å². The Balaban J connectivity index is 1.98. The molecule has 0 aliphatic rings. The van der Waals surface area contributed by atoms with E-state index >= 15 is 0 Å². The van der Waals surface area contributed by atoms with Gasteiger partial charge in [0.1, 0.15) is 0 Å². The second-order valence-electron chi connectivity index (χ2n) is 4.15. The number of benzene rings is 1. The lowest BCUT2D eigenvalue weighted by atomic mass is 10.2. The molecule has 0 atom stereocenters. The number of hydrogen-bond acceptors (Lipinski definition) is 5. The molecule has 0 aliphatic heterocycles. The number of carbonyl (C=O) groups is 1. The van der Waals surface area contributed by atoms with Crippen LogP contribution >= 0.6 is 0 Å². The van der Waals surface area contributed by atoms with E-state index in [0.29, 0.717) is 23.4 Å². The number of amides is 1. The molecule has 20 heavy (non-hydrogen) atoms. The molecule has 7 heteroatoms. The van der Waals surface area contributed by atoms with Crippen LogP contribution < -0.4 is 15.9 Å². The van der Waals surface area contributed by atoms with Gasteiger partial charge in [-0.15, -0.1) is 4.73 Å². The van der Waals surface area contributed by atoms with Gasteiger partial charge in [0.15, 0.2) is 0 Å². The summed E-state index contributed by atoms with van der Waals surface area (Å²) in [6.07, 6.45) is -1.13. The monoisotopic (exact) mass is 277 g/mol. The van der Waals surface area contributed by atoms with Crippen LogP contribution in [-0.4, -0.2) is 21.0 Å². The highest BCUT2D eigenvalue weighted by Gasteiger charge is 2.16. The number of carbonyl (C=O) groups excluding carboxylic acids is 1. The maximum atomic E-state index is 10.6. The van der Waals surface area contributed by atoms with Gasteiger partial charge in [0.25, 0.3) is 0 Å². The van der Waals surface area contributed by atoms with Gasteiger partial charge in [0, 0.05) is 24.7 Å². The largest absolute Gasteiger partial charge is 0.492 e. The first kappa shape index (κ1) is 13.8. The van der Waals surface area contributed by atoms with Gasteiger partial charge in [-0.1, -0.05) is 30.3 Å². The molecule has 0 spiro atoms. The van der Waals surface area contributed by atoms with Crippen molar-refractivity contribution in [1.82, 2.24) is 10.0 Å². The lowest BCUT2D eigenvalue weighted by Gasteiger charge is -2.05. The van der Waals surface area contributed by atoms with Crippen LogP contribution in [0.25, 0.3) is 0 Å². The van der Waals surface area contributed by atoms with Crippen molar-refractivity contribution in [1.29, 1.82) is 0 Å². The molecule has 106 valence electrons. The Morgan fingerprint density at radius 2 is 1.95 bits per heavy atom. The lowest BCUT2D eigenvalue weighted by Crippen LogP contribution is -2.24. The van der Waals surface area contributed by atoms with Gasteiger partial charge in [0.2, 0.25) is 11.8 Å². The van der Waals surface area contributed by atoms with Crippen molar-refractivity contribution in [2.45, 2.75) is 13.1 Å². The average molecular weight is 277 g/mol. The third kappa shape index (κ3) is 3.21. The van der Waals surface area contributed by atoms with Crippen molar-refractivity contribution >= 4 is 6.09 Å². The van der Waals surface area contributed by atoms with Crippen LogP contribution in [0.1, 0.15) is 11.1 Å². The summed E-state index contributed by atoms with van der Waals surface area (Å²) in [5.74, 6) is -0.778. The number of nitrogens with two attached hydrogens (primary N) is 1. The fourth-order valence-electron chi connectivity index (χ4n) is 1.77. The molecule has 0 bridgehead atoms. The average Bonchev–Trinajstić information content (AvgIpc) is 2.67. The number of aromatic hydroxyl groups is 2. The molecule has 5 N–H and O–H groups in total. The van der Waals surface area contributed by atoms with E-state index in [1.54, 1.807) is 0 Å². The number of nitrogens with zero attached hydrogens (tertiary/aromatic N) is 1. The summed E-state index contributed by atoms with van der Waals surface area (Å²) >= 11 is 0. The van der Waals surface area contributed by atoms with Crippen molar-refractivity contribution < 1.29 is 19.8 Å². The Hall–Kier alpha value is -2.67. The van der Waals surface area contributed by atoms with Gasteiger partial charge in [-0.05, 0) is 5.56 Å². The SMILES string of the molecule is NC(=O)On1c(O)cc(CNCc2ccccc2)c1O. The van der Waals surface area contributed by atoms with E-state index in [1.165, 1.54) is 6.07 Å². The molecule has 0 radical (unpaired) electrons. The van der Waals surface area contributed by atoms with E-state index in [-0.39, 0.29) is 5.88 Å². The smallest absolute Gasteiger partial charge is 0.429 e. The number of primary amides is 1. The Morgan fingerprint density at radius 1 is 1.25 bits per heavy atom.